The molecule has 1 aromatic rings. The molecule has 0 radical (unpaired) electrons. The number of carboxylic acid groups (broad SMARTS) is 1. The smallest absolute Gasteiger partial charge is 0.311 e. The Morgan fingerprint density at radius 3 is 2.50 bits per heavy atom. The van der Waals surface area contributed by atoms with Crippen LogP contribution in [0.3, 0.4) is 0 Å². The number of hydrogen-bond donors (Lipinski definition) is 1. The SMILES string of the molecule is CC1(C(=O)O)CCN(C(=O)CS(=O)(=O)CCCc2ccccc2)C1. The van der Waals surface area contributed by atoms with Crippen LogP contribution in [0.2, 0.25) is 0 Å². The maximum absolute atomic E-state index is 12.2. The molecule has 1 aliphatic heterocycles. The minimum absolute atomic E-state index is 0.0440. The Labute approximate surface area is 142 Å². The van der Waals surface area contributed by atoms with E-state index in [1.54, 1.807) is 6.92 Å². The van der Waals surface area contributed by atoms with Crippen LogP contribution >= 0.6 is 0 Å². The zero-order valence-electron chi connectivity index (χ0n) is 13.8. The Hall–Kier alpha value is -1.89. The van der Waals surface area contributed by atoms with E-state index in [1.165, 1.54) is 4.90 Å². The van der Waals surface area contributed by atoms with E-state index in [2.05, 4.69) is 0 Å². The number of aryl methyl sites for hydroxylation is 1. The molecule has 1 N–H and O–H groups in total. The minimum atomic E-state index is -3.48. The van der Waals surface area contributed by atoms with E-state index in [-0.39, 0.29) is 12.3 Å². The number of carbonyl (C=O) groups excluding carboxylic acids is 1. The first-order valence-corrected chi connectivity index (χ1v) is 9.79. The van der Waals surface area contributed by atoms with Crippen LogP contribution in [0.4, 0.5) is 0 Å². The lowest BCUT2D eigenvalue weighted by Crippen LogP contribution is -2.38. The Kier molecular flexibility index (Phi) is 5.64. The fraction of sp³-hybridized carbons (Fsp3) is 0.529. The maximum atomic E-state index is 12.2. The van der Waals surface area contributed by atoms with Crippen molar-refractivity contribution >= 4 is 21.7 Å². The highest BCUT2D eigenvalue weighted by atomic mass is 32.2. The van der Waals surface area contributed by atoms with Gasteiger partial charge >= 0.3 is 5.97 Å². The second kappa shape index (κ2) is 7.34. The lowest BCUT2D eigenvalue weighted by molar-refractivity contribution is -0.147. The Bertz CT molecular complexity index is 701. The van der Waals surface area contributed by atoms with Gasteiger partial charge in [-0.25, -0.2) is 8.42 Å². The van der Waals surface area contributed by atoms with Crippen LogP contribution in [-0.2, 0) is 25.8 Å². The summed E-state index contributed by atoms with van der Waals surface area (Å²) in [5.74, 6) is -2.04. The number of sulfone groups is 1. The molecule has 1 unspecified atom stereocenters. The van der Waals surface area contributed by atoms with Crippen molar-refractivity contribution in [2.75, 3.05) is 24.6 Å². The summed E-state index contributed by atoms with van der Waals surface area (Å²) in [5.41, 5.74) is 0.0861. The summed E-state index contributed by atoms with van der Waals surface area (Å²) in [5, 5.41) is 9.17. The van der Waals surface area contributed by atoms with Crippen molar-refractivity contribution in [3.8, 4) is 0 Å². The first kappa shape index (κ1) is 18.4. The number of hydrogen-bond acceptors (Lipinski definition) is 4. The molecule has 6 nitrogen and oxygen atoms in total. The normalized spacial score (nSPS) is 21.0. The van der Waals surface area contributed by atoms with E-state index < -0.39 is 32.9 Å². The standard InChI is InChI=1S/C17H23NO5S/c1-17(16(20)21)9-10-18(13-17)15(19)12-24(22,23)11-5-8-14-6-3-2-4-7-14/h2-4,6-7H,5,8-13H2,1H3,(H,20,21). The van der Waals surface area contributed by atoms with Gasteiger partial charge in [-0.05, 0) is 31.7 Å². The van der Waals surface area contributed by atoms with Gasteiger partial charge in [0.05, 0.1) is 11.2 Å². The van der Waals surface area contributed by atoms with Gasteiger partial charge in [0.15, 0.2) is 9.84 Å². The second-order valence-electron chi connectivity index (χ2n) is 6.61. The summed E-state index contributed by atoms with van der Waals surface area (Å²) in [4.78, 5) is 24.7. The number of benzene rings is 1. The molecule has 0 saturated carbocycles. The van der Waals surface area contributed by atoms with Crippen LogP contribution in [0.15, 0.2) is 30.3 Å². The zero-order valence-corrected chi connectivity index (χ0v) is 14.6. The molecule has 0 spiro atoms. The highest BCUT2D eigenvalue weighted by Crippen LogP contribution is 2.30. The van der Waals surface area contributed by atoms with Crippen molar-refractivity contribution < 1.29 is 23.1 Å². The molecule has 7 heteroatoms. The van der Waals surface area contributed by atoms with Crippen molar-refractivity contribution in [2.45, 2.75) is 26.2 Å². The molecule has 0 bridgehead atoms. The lowest BCUT2D eigenvalue weighted by Gasteiger charge is -2.20. The molecule has 0 aromatic heterocycles. The van der Waals surface area contributed by atoms with E-state index >= 15 is 0 Å². The van der Waals surface area contributed by atoms with Gasteiger partial charge in [0, 0.05) is 13.1 Å². The number of nitrogens with zero attached hydrogens (tertiary/aromatic N) is 1. The van der Waals surface area contributed by atoms with Crippen molar-refractivity contribution in [3.05, 3.63) is 35.9 Å². The average molecular weight is 353 g/mol. The van der Waals surface area contributed by atoms with Gasteiger partial charge in [-0.1, -0.05) is 30.3 Å². The predicted octanol–water partition coefficient (Wildman–Crippen LogP) is 1.36. The molecular weight excluding hydrogens is 330 g/mol. The molecule has 1 saturated heterocycles. The average Bonchev–Trinajstić information content (AvgIpc) is 2.92. The second-order valence-corrected chi connectivity index (χ2v) is 8.80. The number of carboxylic acids is 1. The molecule has 1 amide bonds. The van der Waals surface area contributed by atoms with Crippen molar-refractivity contribution in [2.24, 2.45) is 5.41 Å². The monoisotopic (exact) mass is 353 g/mol. The third-order valence-corrected chi connectivity index (χ3v) is 6.05. The summed E-state index contributed by atoms with van der Waals surface area (Å²) < 4.78 is 24.2. The van der Waals surface area contributed by atoms with Gasteiger partial charge < -0.3 is 10.0 Å². The van der Waals surface area contributed by atoms with E-state index in [0.29, 0.717) is 25.8 Å². The highest BCUT2D eigenvalue weighted by Gasteiger charge is 2.42. The van der Waals surface area contributed by atoms with Crippen LogP contribution in [0.1, 0.15) is 25.3 Å². The van der Waals surface area contributed by atoms with Crippen molar-refractivity contribution in [1.82, 2.24) is 4.90 Å². The van der Waals surface area contributed by atoms with Crippen LogP contribution in [-0.4, -0.2) is 54.9 Å². The first-order chi connectivity index (χ1) is 11.2. The molecule has 1 aliphatic rings. The van der Waals surface area contributed by atoms with Gasteiger partial charge in [-0.15, -0.1) is 0 Å². The van der Waals surface area contributed by atoms with Crippen molar-refractivity contribution in [3.63, 3.8) is 0 Å². The van der Waals surface area contributed by atoms with Gasteiger partial charge in [-0.2, -0.15) is 0 Å². The third kappa shape index (κ3) is 4.80. The van der Waals surface area contributed by atoms with E-state index in [9.17, 15) is 23.1 Å². The predicted molar refractivity (Wildman–Crippen MR) is 90.4 cm³/mol. The summed E-state index contributed by atoms with van der Waals surface area (Å²) in [6.45, 7) is 1.94. The Balaban J connectivity index is 1.83. The van der Waals surface area contributed by atoms with E-state index in [4.69, 9.17) is 0 Å². The fourth-order valence-electron chi connectivity index (χ4n) is 2.84. The van der Waals surface area contributed by atoms with Crippen molar-refractivity contribution in [1.29, 1.82) is 0 Å². The molecule has 1 aromatic carbocycles. The molecule has 1 heterocycles. The largest absolute Gasteiger partial charge is 0.481 e. The quantitative estimate of drug-likeness (QED) is 0.799. The molecule has 1 fully saturated rings. The van der Waals surface area contributed by atoms with E-state index in [0.717, 1.165) is 5.56 Å². The Morgan fingerprint density at radius 1 is 1.25 bits per heavy atom. The topological polar surface area (TPSA) is 91.8 Å². The lowest BCUT2D eigenvalue weighted by atomic mass is 9.90. The van der Waals surface area contributed by atoms with Gasteiger partial charge in [-0.3, -0.25) is 9.59 Å². The highest BCUT2D eigenvalue weighted by molar-refractivity contribution is 7.92. The van der Waals surface area contributed by atoms with E-state index in [1.807, 2.05) is 30.3 Å². The fourth-order valence-corrected chi connectivity index (χ4v) is 4.13. The first-order valence-electron chi connectivity index (χ1n) is 7.97. The zero-order chi connectivity index (χ0) is 17.8. The number of amides is 1. The Morgan fingerprint density at radius 2 is 1.92 bits per heavy atom. The van der Waals surface area contributed by atoms with Gasteiger partial charge in [0.1, 0.15) is 5.75 Å². The molecule has 0 aliphatic carbocycles. The molecule has 132 valence electrons. The molecule has 2 rings (SSSR count). The molecule has 1 atom stereocenters. The minimum Gasteiger partial charge on any atom is -0.481 e. The summed E-state index contributed by atoms with van der Waals surface area (Å²) in [6, 6.07) is 9.59. The number of rotatable bonds is 7. The van der Waals surface area contributed by atoms with Crippen LogP contribution < -0.4 is 0 Å². The summed E-state index contributed by atoms with van der Waals surface area (Å²) in [7, 11) is -3.48. The number of likely N-dealkylation sites (tertiary alicyclic amines) is 1. The number of aliphatic carboxylic acids is 1. The maximum Gasteiger partial charge on any atom is 0.311 e. The number of carbonyl (C=O) groups is 2. The van der Waals surface area contributed by atoms with Crippen LogP contribution in [0, 0.1) is 5.41 Å². The van der Waals surface area contributed by atoms with Gasteiger partial charge in [0.2, 0.25) is 5.91 Å². The van der Waals surface area contributed by atoms with Gasteiger partial charge in [0.25, 0.3) is 0 Å². The van der Waals surface area contributed by atoms with Crippen LogP contribution in [0.25, 0.3) is 0 Å². The summed E-state index contributed by atoms with van der Waals surface area (Å²) in [6.07, 6.45) is 1.46. The summed E-state index contributed by atoms with van der Waals surface area (Å²) >= 11 is 0. The molecular formula is C17H23NO5S. The third-order valence-electron chi connectivity index (χ3n) is 4.45. The molecule has 24 heavy (non-hydrogen) atoms. The van der Waals surface area contributed by atoms with Crippen LogP contribution in [0.5, 0.6) is 0 Å².